The predicted octanol–water partition coefficient (Wildman–Crippen LogP) is 1.98. The van der Waals surface area contributed by atoms with Gasteiger partial charge in [-0.05, 0) is 26.2 Å². The summed E-state index contributed by atoms with van der Waals surface area (Å²) in [6, 6.07) is 0. The highest BCUT2D eigenvalue weighted by molar-refractivity contribution is 5.79. The molecule has 4 heteroatoms. The third kappa shape index (κ3) is 2.74. The Bertz CT molecular complexity index is 259. The van der Waals surface area contributed by atoms with E-state index in [9.17, 15) is 0 Å². The summed E-state index contributed by atoms with van der Waals surface area (Å²) in [7, 11) is 1.71. The van der Waals surface area contributed by atoms with Crippen LogP contribution in [0.25, 0.3) is 0 Å². The molecule has 2 rings (SSSR count). The van der Waals surface area contributed by atoms with Crippen LogP contribution in [0.2, 0.25) is 0 Å². The van der Waals surface area contributed by atoms with Crippen molar-refractivity contribution in [1.82, 2.24) is 0 Å². The van der Waals surface area contributed by atoms with Crippen molar-refractivity contribution in [2.45, 2.75) is 38.4 Å². The van der Waals surface area contributed by atoms with E-state index in [1.54, 1.807) is 7.11 Å². The van der Waals surface area contributed by atoms with Crippen LogP contribution in [-0.2, 0) is 14.2 Å². The second-order valence-electron chi connectivity index (χ2n) is 4.63. The second-order valence-corrected chi connectivity index (χ2v) is 4.63. The first-order valence-corrected chi connectivity index (χ1v) is 6.10. The molecule has 0 radical (unpaired) electrons. The number of rotatable bonds is 3. The van der Waals surface area contributed by atoms with E-state index >= 15 is 0 Å². The molecule has 0 N–H and O–H groups in total. The summed E-state index contributed by atoms with van der Waals surface area (Å²) in [6.45, 7) is 4.36. The Balaban J connectivity index is 1.84. The highest BCUT2D eigenvalue weighted by Gasteiger charge is 2.32. The lowest BCUT2D eigenvalue weighted by Gasteiger charge is -2.27. The maximum Gasteiger partial charge on any atom is 0.186 e. The van der Waals surface area contributed by atoms with Crippen molar-refractivity contribution in [3.8, 4) is 0 Å². The highest BCUT2D eigenvalue weighted by atomic mass is 16.7. The SMILES string of the molecule is COC1=NCCC[C@H]1CCC1(C)OCCO1. The van der Waals surface area contributed by atoms with Crippen LogP contribution in [0.3, 0.4) is 0 Å². The lowest BCUT2D eigenvalue weighted by molar-refractivity contribution is -0.148. The van der Waals surface area contributed by atoms with Crippen LogP contribution in [0.1, 0.15) is 32.6 Å². The zero-order chi connectivity index (χ0) is 11.4. The molecule has 0 saturated carbocycles. The number of nitrogens with zero attached hydrogens (tertiary/aromatic N) is 1. The van der Waals surface area contributed by atoms with Gasteiger partial charge in [-0.1, -0.05) is 0 Å². The van der Waals surface area contributed by atoms with Crippen molar-refractivity contribution < 1.29 is 14.2 Å². The van der Waals surface area contributed by atoms with Gasteiger partial charge in [0.25, 0.3) is 0 Å². The molecule has 0 aromatic rings. The fourth-order valence-corrected chi connectivity index (χ4v) is 2.42. The van der Waals surface area contributed by atoms with Gasteiger partial charge in [0.2, 0.25) is 0 Å². The minimum absolute atomic E-state index is 0.379. The largest absolute Gasteiger partial charge is 0.484 e. The molecule has 1 saturated heterocycles. The predicted molar refractivity (Wildman–Crippen MR) is 61.6 cm³/mol. The van der Waals surface area contributed by atoms with E-state index in [1.165, 1.54) is 6.42 Å². The molecule has 0 aromatic carbocycles. The van der Waals surface area contributed by atoms with Gasteiger partial charge >= 0.3 is 0 Å². The molecule has 0 spiro atoms. The number of hydrogen-bond donors (Lipinski definition) is 0. The molecular weight excluding hydrogens is 206 g/mol. The van der Waals surface area contributed by atoms with Gasteiger partial charge in [0.05, 0.1) is 20.3 Å². The van der Waals surface area contributed by atoms with Gasteiger partial charge in [0.1, 0.15) is 0 Å². The Morgan fingerprint density at radius 3 is 2.88 bits per heavy atom. The molecule has 92 valence electrons. The summed E-state index contributed by atoms with van der Waals surface area (Å²) in [5, 5.41) is 0. The zero-order valence-electron chi connectivity index (χ0n) is 10.2. The molecule has 16 heavy (non-hydrogen) atoms. The van der Waals surface area contributed by atoms with Crippen molar-refractivity contribution in [3.63, 3.8) is 0 Å². The van der Waals surface area contributed by atoms with Crippen molar-refractivity contribution in [2.24, 2.45) is 10.9 Å². The topological polar surface area (TPSA) is 40.0 Å². The normalized spacial score (nSPS) is 28.9. The van der Waals surface area contributed by atoms with Gasteiger partial charge in [-0.15, -0.1) is 0 Å². The first kappa shape index (κ1) is 11.9. The number of methoxy groups -OCH3 is 1. The van der Waals surface area contributed by atoms with Crippen molar-refractivity contribution in [1.29, 1.82) is 0 Å². The number of aliphatic imine (C=N–C) groups is 1. The molecule has 0 amide bonds. The van der Waals surface area contributed by atoms with E-state index < -0.39 is 0 Å². The van der Waals surface area contributed by atoms with E-state index in [-0.39, 0.29) is 5.79 Å². The summed E-state index contributed by atoms with van der Waals surface area (Å²) in [6.07, 6.45) is 4.28. The standard InChI is InChI=1S/C12H21NO3/c1-12(15-8-9-16-12)6-5-10-4-3-7-13-11(10)14-2/h10H,3-9H2,1-2H3/t10-/m0/s1. The summed E-state index contributed by atoms with van der Waals surface area (Å²) in [5.74, 6) is 0.979. The van der Waals surface area contributed by atoms with Crippen LogP contribution in [0.15, 0.2) is 4.99 Å². The third-order valence-electron chi connectivity index (χ3n) is 3.38. The lowest BCUT2D eigenvalue weighted by Crippen LogP contribution is -2.29. The van der Waals surface area contributed by atoms with Gasteiger partial charge in [-0.25, -0.2) is 0 Å². The van der Waals surface area contributed by atoms with E-state index in [1.807, 2.05) is 6.92 Å². The fraction of sp³-hybridized carbons (Fsp3) is 0.917. The first-order chi connectivity index (χ1) is 7.73. The van der Waals surface area contributed by atoms with Crippen LogP contribution in [-0.4, -0.2) is 38.6 Å². The molecule has 2 heterocycles. The minimum atomic E-state index is -0.379. The van der Waals surface area contributed by atoms with E-state index in [0.29, 0.717) is 19.1 Å². The smallest absolute Gasteiger partial charge is 0.186 e. The Kier molecular flexibility index (Phi) is 3.82. The van der Waals surface area contributed by atoms with Crippen LogP contribution >= 0.6 is 0 Å². The Labute approximate surface area is 97.0 Å². The van der Waals surface area contributed by atoms with Crippen molar-refractivity contribution >= 4 is 5.90 Å². The lowest BCUT2D eigenvalue weighted by atomic mass is 9.93. The summed E-state index contributed by atoms with van der Waals surface area (Å²) in [5.41, 5.74) is 0. The van der Waals surface area contributed by atoms with Crippen LogP contribution < -0.4 is 0 Å². The molecule has 0 aromatic heterocycles. The maximum atomic E-state index is 5.60. The van der Waals surface area contributed by atoms with Gasteiger partial charge < -0.3 is 14.2 Å². The van der Waals surface area contributed by atoms with E-state index in [2.05, 4.69) is 4.99 Å². The van der Waals surface area contributed by atoms with Crippen LogP contribution in [0.4, 0.5) is 0 Å². The van der Waals surface area contributed by atoms with Crippen molar-refractivity contribution in [3.05, 3.63) is 0 Å². The van der Waals surface area contributed by atoms with Gasteiger partial charge in [0.15, 0.2) is 11.7 Å². The second kappa shape index (κ2) is 5.15. The Morgan fingerprint density at radius 2 is 2.19 bits per heavy atom. The number of hydrogen-bond acceptors (Lipinski definition) is 4. The number of ether oxygens (including phenoxy) is 3. The van der Waals surface area contributed by atoms with Gasteiger partial charge in [-0.3, -0.25) is 4.99 Å². The molecule has 4 nitrogen and oxygen atoms in total. The van der Waals surface area contributed by atoms with Crippen LogP contribution in [0, 0.1) is 5.92 Å². The van der Waals surface area contributed by atoms with E-state index in [0.717, 1.165) is 31.7 Å². The minimum Gasteiger partial charge on any atom is -0.484 e. The Morgan fingerprint density at radius 1 is 1.44 bits per heavy atom. The molecule has 0 bridgehead atoms. The molecule has 1 atom stereocenters. The molecule has 1 fully saturated rings. The molecule has 0 unspecified atom stereocenters. The molecular formula is C12H21NO3. The summed E-state index contributed by atoms with van der Waals surface area (Å²) < 4.78 is 16.5. The molecule has 2 aliphatic heterocycles. The first-order valence-electron chi connectivity index (χ1n) is 6.10. The third-order valence-corrected chi connectivity index (χ3v) is 3.38. The fourth-order valence-electron chi connectivity index (χ4n) is 2.42. The monoisotopic (exact) mass is 227 g/mol. The Hall–Kier alpha value is -0.610. The van der Waals surface area contributed by atoms with Gasteiger partial charge in [-0.2, -0.15) is 0 Å². The molecule has 0 aliphatic carbocycles. The molecule has 2 aliphatic rings. The summed E-state index contributed by atoms with van der Waals surface area (Å²) in [4.78, 5) is 4.41. The highest BCUT2D eigenvalue weighted by Crippen LogP contribution is 2.29. The van der Waals surface area contributed by atoms with E-state index in [4.69, 9.17) is 14.2 Å². The van der Waals surface area contributed by atoms with Crippen LogP contribution in [0.5, 0.6) is 0 Å². The average Bonchev–Trinajstić information content (AvgIpc) is 2.74. The average molecular weight is 227 g/mol. The zero-order valence-corrected chi connectivity index (χ0v) is 10.2. The van der Waals surface area contributed by atoms with Gasteiger partial charge in [0, 0.05) is 18.9 Å². The maximum absolute atomic E-state index is 5.60. The van der Waals surface area contributed by atoms with Crippen molar-refractivity contribution in [2.75, 3.05) is 26.9 Å². The summed E-state index contributed by atoms with van der Waals surface area (Å²) >= 11 is 0. The quantitative estimate of drug-likeness (QED) is 0.740.